The first-order chi connectivity index (χ1) is 10.7. The van der Waals surface area contributed by atoms with Crippen molar-refractivity contribution >= 4 is 22.1 Å². The lowest BCUT2D eigenvalue weighted by atomic mass is 10.0. The molecule has 22 heavy (non-hydrogen) atoms. The van der Waals surface area contributed by atoms with Crippen LogP contribution in [0, 0.1) is 6.92 Å². The van der Waals surface area contributed by atoms with E-state index in [4.69, 9.17) is 0 Å². The number of hydrogen-bond acceptors (Lipinski definition) is 3. The Bertz CT molecular complexity index is 737. The van der Waals surface area contributed by atoms with E-state index in [2.05, 4.69) is 48.3 Å². The van der Waals surface area contributed by atoms with Crippen LogP contribution in [0.5, 0.6) is 0 Å². The van der Waals surface area contributed by atoms with Gasteiger partial charge in [-0.25, -0.2) is 0 Å². The molecule has 0 spiro atoms. The second-order valence-corrected chi connectivity index (χ2v) is 7.69. The quantitative estimate of drug-likeness (QED) is 0.691. The summed E-state index contributed by atoms with van der Waals surface area (Å²) in [5, 5.41) is -0.108. The van der Waals surface area contributed by atoms with Gasteiger partial charge < -0.3 is 0 Å². The van der Waals surface area contributed by atoms with Gasteiger partial charge in [0.05, 0.1) is 16.5 Å². The smallest absolute Gasteiger partial charge is 0.0850 e. The average Bonchev–Trinajstić information content (AvgIpc) is 3.03. The van der Waals surface area contributed by atoms with Crippen molar-refractivity contribution < 1.29 is 4.21 Å². The molecule has 0 saturated carbocycles. The predicted molar refractivity (Wildman–Crippen MR) is 93.4 cm³/mol. The monoisotopic (exact) mass is 327 g/mol. The number of aryl methyl sites for hydroxylation is 1. The Kier molecular flexibility index (Phi) is 4.80. The normalized spacial score (nSPS) is 13.7. The molecule has 0 aliphatic carbocycles. The Morgan fingerprint density at radius 3 is 2.36 bits per heavy atom. The second kappa shape index (κ2) is 6.99. The molecule has 1 heterocycles. The fraction of sp³-hybridized carbons (Fsp3) is 0.167. The number of hydrogen-bond donors (Lipinski definition) is 0. The molecular formula is C18H17NOS2. The van der Waals surface area contributed by atoms with Gasteiger partial charge in [0.1, 0.15) is 0 Å². The zero-order chi connectivity index (χ0) is 15.4. The van der Waals surface area contributed by atoms with Gasteiger partial charge in [0.2, 0.25) is 0 Å². The van der Waals surface area contributed by atoms with Gasteiger partial charge in [-0.1, -0.05) is 60.2 Å². The predicted octanol–water partition coefficient (Wildman–Crippen LogP) is 4.49. The SMILES string of the molecule is Cc1ccc([C@H](c2ccccc2)[S@](=O)Cc2cncs2)cc1. The fourth-order valence-corrected chi connectivity index (χ4v) is 4.84. The lowest BCUT2D eigenvalue weighted by Crippen LogP contribution is -2.10. The van der Waals surface area contributed by atoms with E-state index >= 15 is 0 Å². The van der Waals surface area contributed by atoms with Crippen LogP contribution < -0.4 is 0 Å². The molecule has 0 N–H and O–H groups in total. The van der Waals surface area contributed by atoms with Crippen LogP contribution in [-0.4, -0.2) is 9.19 Å². The van der Waals surface area contributed by atoms with E-state index in [1.807, 2.05) is 18.2 Å². The molecule has 112 valence electrons. The van der Waals surface area contributed by atoms with Crippen molar-refractivity contribution in [2.75, 3.05) is 0 Å². The number of benzene rings is 2. The summed E-state index contributed by atoms with van der Waals surface area (Å²) in [6, 6.07) is 18.4. The standard InChI is InChI=1S/C18H17NOS2/c1-14-7-9-16(10-8-14)18(15-5-3-2-4-6-15)22(20)12-17-11-19-13-21-17/h2-11,13,18H,12H2,1H3/t18-,22+/m0/s1. The first-order valence-electron chi connectivity index (χ1n) is 7.10. The van der Waals surface area contributed by atoms with Crippen LogP contribution in [0.2, 0.25) is 0 Å². The molecule has 3 aromatic rings. The van der Waals surface area contributed by atoms with Crippen molar-refractivity contribution in [3.63, 3.8) is 0 Å². The van der Waals surface area contributed by atoms with Crippen molar-refractivity contribution in [1.82, 2.24) is 4.98 Å². The highest BCUT2D eigenvalue weighted by Crippen LogP contribution is 2.30. The van der Waals surface area contributed by atoms with E-state index in [0.717, 1.165) is 16.0 Å². The zero-order valence-electron chi connectivity index (χ0n) is 12.3. The number of nitrogens with zero attached hydrogens (tertiary/aromatic N) is 1. The van der Waals surface area contributed by atoms with E-state index in [-0.39, 0.29) is 5.25 Å². The zero-order valence-corrected chi connectivity index (χ0v) is 13.9. The van der Waals surface area contributed by atoms with Crippen LogP contribution >= 0.6 is 11.3 Å². The third kappa shape index (κ3) is 3.51. The maximum atomic E-state index is 13.0. The molecule has 2 nitrogen and oxygen atoms in total. The summed E-state index contributed by atoms with van der Waals surface area (Å²) >= 11 is 1.56. The van der Waals surface area contributed by atoms with E-state index < -0.39 is 10.8 Å². The number of rotatable bonds is 5. The first-order valence-corrected chi connectivity index (χ1v) is 9.36. The van der Waals surface area contributed by atoms with E-state index in [1.54, 1.807) is 23.0 Å². The van der Waals surface area contributed by atoms with E-state index in [1.165, 1.54) is 5.56 Å². The summed E-state index contributed by atoms with van der Waals surface area (Å²) in [5.74, 6) is 0.540. The molecule has 0 bridgehead atoms. The second-order valence-electron chi connectivity index (χ2n) is 5.19. The topological polar surface area (TPSA) is 30.0 Å². The van der Waals surface area contributed by atoms with Gasteiger partial charge in [0.15, 0.2) is 0 Å². The molecule has 4 heteroatoms. The summed E-state index contributed by atoms with van der Waals surface area (Å²) in [6.45, 7) is 2.07. The Labute approximate surface area is 137 Å². The Morgan fingerprint density at radius 1 is 1.05 bits per heavy atom. The number of aromatic nitrogens is 1. The van der Waals surface area contributed by atoms with Crippen LogP contribution in [0.15, 0.2) is 66.3 Å². The van der Waals surface area contributed by atoms with Crippen molar-refractivity contribution in [1.29, 1.82) is 0 Å². The molecule has 0 aliphatic rings. The summed E-state index contributed by atoms with van der Waals surface area (Å²) in [4.78, 5) is 5.14. The van der Waals surface area contributed by atoms with Crippen LogP contribution in [0.3, 0.4) is 0 Å². The molecule has 0 aliphatic heterocycles. The largest absolute Gasteiger partial charge is 0.258 e. The number of thiazole rings is 1. The van der Waals surface area contributed by atoms with E-state index in [0.29, 0.717) is 5.75 Å². The minimum absolute atomic E-state index is 0.108. The highest BCUT2D eigenvalue weighted by molar-refractivity contribution is 7.84. The molecule has 0 unspecified atom stereocenters. The van der Waals surface area contributed by atoms with Crippen molar-refractivity contribution in [2.24, 2.45) is 0 Å². The van der Waals surface area contributed by atoms with Crippen LogP contribution in [0.1, 0.15) is 26.8 Å². The molecule has 0 amide bonds. The third-order valence-electron chi connectivity index (χ3n) is 3.51. The molecule has 1 aromatic heterocycles. The van der Waals surface area contributed by atoms with Crippen LogP contribution in [-0.2, 0) is 16.6 Å². The van der Waals surface area contributed by atoms with Gasteiger partial charge in [0, 0.05) is 21.9 Å². The molecule has 3 rings (SSSR count). The van der Waals surface area contributed by atoms with Gasteiger partial charge >= 0.3 is 0 Å². The van der Waals surface area contributed by atoms with Crippen molar-refractivity contribution in [2.45, 2.75) is 17.9 Å². The molecule has 0 radical (unpaired) electrons. The summed E-state index contributed by atoms with van der Waals surface area (Å²) < 4.78 is 13.0. The third-order valence-corrected chi connectivity index (χ3v) is 6.14. The molecular weight excluding hydrogens is 310 g/mol. The van der Waals surface area contributed by atoms with Gasteiger partial charge in [0.25, 0.3) is 0 Å². The highest BCUT2D eigenvalue weighted by atomic mass is 32.2. The highest BCUT2D eigenvalue weighted by Gasteiger charge is 2.21. The Morgan fingerprint density at radius 2 is 1.73 bits per heavy atom. The first kappa shape index (κ1) is 15.1. The Hall–Kier alpha value is -1.78. The molecule has 0 fully saturated rings. The maximum absolute atomic E-state index is 13.0. The lowest BCUT2D eigenvalue weighted by Gasteiger charge is -2.17. The maximum Gasteiger partial charge on any atom is 0.0850 e. The van der Waals surface area contributed by atoms with Gasteiger partial charge in [-0.15, -0.1) is 11.3 Å². The lowest BCUT2D eigenvalue weighted by molar-refractivity contribution is 0.678. The van der Waals surface area contributed by atoms with Gasteiger partial charge in [-0.3, -0.25) is 9.19 Å². The minimum Gasteiger partial charge on any atom is -0.258 e. The summed E-state index contributed by atoms with van der Waals surface area (Å²) in [6.07, 6.45) is 1.81. The fourth-order valence-electron chi connectivity index (χ4n) is 2.40. The van der Waals surface area contributed by atoms with E-state index in [9.17, 15) is 4.21 Å². The van der Waals surface area contributed by atoms with Crippen LogP contribution in [0.4, 0.5) is 0 Å². The summed E-state index contributed by atoms with van der Waals surface area (Å²) in [7, 11) is -1.03. The van der Waals surface area contributed by atoms with Crippen molar-refractivity contribution in [3.8, 4) is 0 Å². The molecule has 2 aromatic carbocycles. The average molecular weight is 327 g/mol. The summed E-state index contributed by atoms with van der Waals surface area (Å²) in [5.41, 5.74) is 5.19. The Balaban J connectivity index is 1.95. The minimum atomic E-state index is -1.03. The van der Waals surface area contributed by atoms with Gasteiger partial charge in [-0.05, 0) is 18.1 Å². The van der Waals surface area contributed by atoms with Gasteiger partial charge in [-0.2, -0.15) is 0 Å². The van der Waals surface area contributed by atoms with Crippen molar-refractivity contribution in [3.05, 3.63) is 87.9 Å². The molecule has 2 atom stereocenters. The van der Waals surface area contributed by atoms with Crippen LogP contribution in [0.25, 0.3) is 0 Å². The molecule has 0 saturated heterocycles.